The lowest BCUT2D eigenvalue weighted by Gasteiger charge is -2.36. The molecule has 5 nitrogen and oxygen atoms in total. The molecule has 2 heterocycles. The van der Waals surface area contributed by atoms with Crippen LogP contribution in [0.15, 0.2) is 42.7 Å². The smallest absolute Gasteiger partial charge is 0.130 e. The summed E-state index contributed by atoms with van der Waals surface area (Å²) in [5.74, 6) is 1.20. The third kappa shape index (κ3) is 3.08. The van der Waals surface area contributed by atoms with Crippen LogP contribution in [0.25, 0.3) is 11.0 Å². The molecule has 2 aromatic carbocycles. The number of halogens is 2. The van der Waals surface area contributed by atoms with E-state index in [1.165, 1.54) is 0 Å². The SMILES string of the molecule is OC1(Cn2cnc3ccc(Oc4cc(Cl)cc(Cl)c4)cc32)COC1. The van der Waals surface area contributed by atoms with Crippen LogP contribution in [0.4, 0.5) is 0 Å². The fourth-order valence-electron chi connectivity index (χ4n) is 2.70. The molecule has 3 aromatic rings. The summed E-state index contributed by atoms with van der Waals surface area (Å²) in [5, 5.41) is 11.3. The maximum absolute atomic E-state index is 10.3. The van der Waals surface area contributed by atoms with Crippen molar-refractivity contribution in [2.75, 3.05) is 13.2 Å². The maximum Gasteiger partial charge on any atom is 0.130 e. The molecule has 4 rings (SSSR count). The molecule has 1 saturated heterocycles. The number of aromatic nitrogens is 2. The van der Waals surface area contributed by atoms with Crippen LogP contribution in [0.5, 0.6) is 11.5 Å². The first-order chi connectivity index (χ1) is 11.5. The molecule has 1 aliphatic rings. The van der Waals surface area contributed by atoms with Crippen molar-refractivity contribution in [1.29, 1.82) is 0 Å². The van der Waals surface area contributed by atoms with E-state index in [0.29, 0.717) is 41.3 Å². The summed E-state index contributed by atoms with van der Waals surface area (Å²) >= 11 is 12.0. The van der Waals surface area contributed by atoms with Gasteiger partial charge in [0, 0.05) is 16.1 Å². The Labute approximate surface area is 148 Å². The first-order valence-corrected chi connectivity index (χ1v) is 8.15. The van der Waals surface area contributed by atoms with E-state index >= 15 is 0 Å². The molecular weight excluding hydrogens is 351 g/mol. The van der Waals surface area contributed by atoms with Crippen LogP contribution in [0.1, 0.15) is 0 Å². The van der Waals surface area contributed by atoms with Gasteiger partial charge >= 0.3 is 0 Å². The number of hydrogen-bond donors (Lipinski definition) is 1. The molecule has 0 radical (unpaired) electrons. The zero-order valence-corrected chi connectivity index (χ0v) is 14.1. The van der Waals surface area contributed by atoms with Crippen molar-refractivity contribution in [1.82, 2.24) is 9.55 Å². The van der Waals surface area contributed by atoms with Gasteiger partial charge in [-0.15, -0.1) is 0 Å². The van der Waals surface area contributed by atoms with E-state index in [0.717, 1.165) is 11.0 Å². The van der Waals surface area contributed by atoms with Crippen molar-refractivity contribution in [2.24, 2.45) is 0 Å². The van der Waals surface area contributed by atoms with Gasteiger partial charge in [-0.05, 0) is 30.3 Å². The summed E-state index contributed by atoms with van der Waals surface area (Å²) < 4.78 is 12.8. The lowest BCUT2D eigenvalue weighted by Crippen LogP contribution is -2.52. The lowest BCUT2D eigenvalue weighted by molar-refractivity contribution is -0.184. The van der Waals surface area contributed by atoms with Gasteiger partial charge in [0.05, 0.1) is 37.1 Å². The summed E-state index contributed by atoms with van der Waals surface area (Å²) in [4.78, 5) is 4.35. The van der Waals surface area contributed by atoms with Gasteiger partial charge in [-0.2, -0.15) is 0 Å². The fraction of sp³-hybridized carbons (Fsp3) is 0.235. The molecule has 0 amide bonds. The molecule has 0 bridgehead atoms. The zero-order chi connectivity index (χ0) is 16.7. The van der Waals surface area contributed by atoms with Crippen LogP contribution in [0.3, 0.4) is 0 Å². The first-order valence-electron chi connectivity index (χ1n) is 7.40. The van der Waals surface area contributed by atoms with Gasteiger partial charge in [-0.1, -0.05) is 23.2 Å². The van der Waals surface area contributed by atoms with Crippen molar-refractivity contribution < 1.29 is 14.6 Å². The molecule has 0 unspecified atom stereocenters. The second kappa shape index (κ2) is 5.93. The average molecular weight is 365 g/mol. The van der Waals surface area contributed by atoms with Gasteiger partial charge in [0.2, 0.25) is 0 Å². The van der Waals surface area contributed by atoms with E-state index < -0.39 is 5.60 Å². The van der Waals surface area contributed by atoms with Crippen molar-refractivity contribution in [2.45, 2.75) is 12.1 Å². The summed E-state index contributed by atoms with van der Waals surface area (Å²) in [6, 6.07) is 10.6. The number of ether oxygens (including phenoxy) is 2. The topological polar surface area (TPSA) is 56.5 Å². The van der Waals surface area contributed by atoms with Crippen LogP contribution in [-0.4, -0.2) is 33.5 Å². The number of fused-ring (bicyclic) bond motifs is 1. The quantitative estimate of drug-likeness (QED) is 0.762. The van der Waals surface area contributed by atoms with E-state index in [2.05, 4.69) is 4.98 Å². The molecule has 24 heavy (non-hydrogen) atoms. The molecule has 0 spiro atoms. The van der Waals surface area contributed by atoms with Gasteiger partial charge in [0.15, 0.2) is 0 Å². The Kier molecular flexibility index (Phi) is 3.89. The third-order valence-electron chi connectivity index (χ3n) is 3.87. The molecule has 1 N–H and O–H groups in total. The number of benzene rings is 2. The fourth-order valence-corrected chi connectivity index (χ4v) is 3.20. The lowest BCUT2D eigenvalue weighted by atomic mass is 10.0. The minimum absolute atomic E-state index is 0.337. The highest BCUT2D eigenvalue weighted by atomic mass is 35.5. The highest BCUT2D eigenvalue weighted by Gasteiger charge is 2.36. The highest BCUT2D eigenvalue weighted by molar-refractivity contribution is 6.34. The zero-order valence-electron chi connectivity index (χ0n) is 12.6. The second-order valence-corrected chi connectivity index (χ2v) is 6.82. The molecule has 124 valence electrons. The minimum atomic E-state index is -0.828. The van der Waals surface area contributed by atoms with E-state index in [4.69, 9.17) is 32.7 Å². The van der Waals surface area contributed by atoms with Crippen molar-refractivity contribution in [3.8, 4) is 11.5 Å². The summed E-state index contributed by atoms with van der Waals surface area (Å²) in [6.07, 6.45) is 1.71. The van der Waals surface area contributed by atoms with E-state index in [1.807, 2.05) is 22.8 Å². The monoisotopic (exact) mass is 364 g/mol. The summed E-state index contributed by atoms with van der Waals surface area (Å²) in [5.41, 5.74) is 0.876. The summed E-state index contributed by atoms with van der Waals surface area (Å²) in [6.45, 7) is 1.10. The second-order valence-electron chi connectivity index (χ2n) is 5.95. The Morgan fingerprint density at radius 3 is 2.54 bits per heavy atom. The summed E-state index contributed by atoms with van der Waals surface area (Å²) in [7, 11) is 0. The average Bonchev–Trinajstić information content (AvgIpc) is 2.87. The molecule has 0 atom stereocenters. The molecule has 1 fully saturated rings. The standard InChI is InChI=1S/C17H14Cl2N2O3/c18-11-3-12(19)5-14(4-11)24-13-1-2-15-16(6-13)21(10-20-15)7-17(22)8-23-9-17/h1-6,10,22H,7-9H2. The van der Waals surface area contributed by atoms with Crippen molar-refractivity contribution in [3.05, 3.63) is 52.8 Å². The first kappa shape index (κ1) is 15.7. The maximum atomic E-state index is 10.3. The van der Waals surface area contributed by atoms with E-state index in [-0.39, 0.29) is 0 Å². The minimum Gasteiger partial charge on any atom is -0.457 e. The third-order valence-corrected chi connectivity index (χ3v) is 4.31. The van der Waals surface area contributed by atoms with E-state index in [1.54, 1.807) is 24.5 Å². The highest BCUT2D eigenvalue weighted by Crippen LogP contribution is 2.30. The van der Waals surface area contributed by atoms with Crippen LogP contribution >= 0.6 is 23.2 Å². The number of aliphatic hydroxyl groups is 1. The van der Waals surface area contributed by atoms with Gasteiger partial charge < -0.3 is 19.1 Å². The van der Waals surface area contributed by atoms with Gasteiger partial charge in [-0.3, -0.25) is 0 Å². The van der Waals surface area contributed by atoms with Crippen molar-refractivity contribution in [3.63, 3.8) is 0 Å². The van der Waals surface area contributed by atoms with Gasteiger partial charge in [0.25, 0.3) is 0 Å². The molecule has 1 aliphatic heterocycles. The van der Waals surface area contributed by atoms with Gasteiger partial charge in [0.1, 0.15) is 17.1 Å². The van der Waals surface area contributed by atoms with E-state index in [9.17, 15) is 5.11 Å². The Bertz CT molecular complexity index is 886. The molecule has 0 saturated carbocycles. The van der Waals surface area contributed by atoms with Gasteiger partial charge in [-0.25, -0.2) is 4.98 Å². The molecule has 7 heteroatoms. The van der Waals surface area contributed by atoms with Crippen molar-refractivity contribution >= 4 is 34.2 Å². The Morgan fingerprint density at radius 1 is 1.12 bits per heavy atom. The molecule has 1 aromatic heterocycles. The Morgan fingerprint density at radius 2 is 1.88 bits per heavy atom. The largest absolute Gasteiger partial charge is 0.457 e. The predicted octanol–water partition coefficient (Wildman–Crippen LogP) is 3.90. The molecular formula is C17H14Cl2N2O3. The normalized spacial score (nSPS) is 16.1. The van der Waals surface area contributed by atoms with Crippen LogP contribution in [0, 0.1) is 0 Å². The molecule has 0 aliphatic carbocycles. The Hall–Kier alpha value is -1.79. The Balaban J connectivity index is 1.64. The number of hydrogen-bond acceptors (Lipinski definition) is 4. The van der Waals surface area contributed by atoms with Crippen LogP contribution in [0.2, 0.25) is 10.0 Å². The van der Waals surface area contributed by atoms with Crippen LogP contribution in [-0.2, 0) is 11.3 Å². The number of rotatable bonds is 4. The number of nitrogens with zero attached hydrogens (tertiary/aromatic N) is 2. The van der Waals surface area contributed by atoms with Crippen LogP contribution < -0.4 is 4.74 Å². The predicted molar refractivity (Wildman–Crippen MR) is 92.0 cm³/mol. The number of imidazole rings is 1.